The molecule has 0 fully saturated rings. The van der Waals surface area contributed by atoms with E-state index in [4.69, 9.17) is 4.74 Å². The molecular formula is C22H24N4O2. The summed E-state index contributed by atoms with van der Waals surface area (Å²) in [5.41, 5.74) is 2.89. The van der Waals surface area contributed by atoms with E-state index in [1.807, 2.05) is 37.3 Å². The number of fused-ring (bicyclic) bond motifs is 1. The maximum atomic E-state index is 12.0. The van der Waals surface area contributed by atoms with Gasteiger partial charge in [-0.25, -0.2) is 9.97 Å². The summed E-state index contributed by atoms with van der Waals surface area (Å²) in [7, 11) is 0. The lowest BCUT2D eigenvalue weighted by molar-refractivity contribution is 0.0758. The van der Waals surface area contributed by atoms with Crippen LogP contribution < -0.4 is 15.6 Å². The minimum absolute atomic E-state index is 0.109. The molecule has 1 atom stereocenters. The summed E-state index contributed by atoms with van der Waals surface area (Å²) in [6, 6.07) is 12.0. The quantitative estimate of drug-likeness (QED) is 0.717. The Morgan fingerprint density at radius 2 is 1.96 bits per heavy atom. The number of para-hydroxylation sites is 1. The standard InChI is InChI=1S/C22H24N4O2/c1-13-14(2)24-20(26-21(13)27)15-9-10-19(23-12-15)25-17-11-22(3,4)28-18-8-6-5-7-16(17)18/h5-10,12,17H,11H2,1-4H3,(H,23,25)(H,24,26,27). The molecule has 0 radical (unpaired) electrons. The molecule has 3 heterocycles. The number of hydrogen-bond donors (Lipinski definition) is 2. The fourth-order valence-corrected chi connectivity index (χ4v) is 3.51. The van der Waals surface area contributed by atoms with Crippen LogP contribution in [0.2, 0.25) is 0 Å². The van der Waals surface area contributed by atoms with Crippen molar-refractivity contribution in [2.24, 2.45) is 0 Å². The van der Waals surface area contributed by atoms with Gasteiger partial charge in [0.05, 0.1) is 6.04 Å². The molecular weight excluding hydrogens is 352 g/mol. The van der Waals surface area contributed by atoms with Crippen LogP contribution in [0.3, 0.4) is 0 Å². The first-order chi connectivity index (χ1) is 13.3. The number of aromatic amines is 1. The number of anilines is 1. The average Bonchev–Trinajstić information content (AvgIpc) is 2.65. The third-order valence-corrected chi connectivity index (χ3v) is 5.13. The second-order valence-corrected chi connectivity index (χ2v) is 7.86. The molecule has 1 unspecified atom stereocenters. The Bertz CT molecular complexity index is 1070. The largest absolute Gasteiger partial charge is 0.487 e. The van der Waals surface area contributed by atoms with Crippen LogP contribution in [0.15, 0.2) is 47.4 Å². The van der Waals surface area contributed by atoms with E-state index in [-0.39, 0.29) is 17.2 Å². The van der Waals surface area contributed by atoms with Crippen molar-refractivity contribution in [1.29, 1.82) is 0 Å². The summed E-state index contributed by atoms with van der Waals surface area (Å²) in [6.45, 7) is 7.79. The van der Waals surface area contributed by atoms with E-state index in [0.717, 1.165) is 34.8 Å². The first-order valence-corrected chi connectivity index (χ1v) is 9.41. The highest BCUT2D eigenvalue weighted by molar-refractivity contribution is 5.57. The molecule has 2 N–H and O–H groups in total. The molecule has 144 valence electrons. The van der Waals surface area contributed by atoms with Gasteiger partial charge >= 0.3 is 0 Å². The van der Waals surface area contributed by atoms with Gasteiger partial charge in [-0.2, -0.15) is 0 Å². The molecule has 0 bridgehead atoms. The van der Waals surface area contributed by atoms with Gasteiger partial charge < -0.3 is 15.0 Å². The fraction of sp³-hybridized carbons (Fsp3) is 0.318. The molecule has 1 aromatic carbocycles. The first-order valence-electron chi connectivity index (χ1n) is 9.41. The van der Waals surface area contributed by atoms with Gasteiger partial charge in [0.15, 0.2) is 0 Å². The fourth-order valence-electron chi connectivity index (χ4n) is 3.51. The Labute approximate surface area is 164 Å². The van der Waals surface area contributed by atoms with Crippen molar-refractivity contribution in [3.63, 3.8) is 0 Å². The van der Waals surface area contributed by atoms with E-state index < -0.39 is 0 Å². The Kier molecular flexibility index (Phi) is 4.41. The van der Waals surface area contributed by atoms with Crippen LogP contribution in [0.1, 0.15) is 43.1 Å². The highest BCUT2D eigenvalue weighted by atomic mass is 16.5. The number of benzene rings is 1. The minimum atomic E-state index is -0.255. The highest BCUT2D eigenvalue weighted by Gasteiger charge is 2.33. The third kappa shape index (κ3) is 3.50. The van der Waals surface area contributed by atoms with E-state index in [0.29, 0.717) is 11.4 Å². The van der Waals surface area contributed by atoms with Gasteiger partial charge in [0.25, 0.3) is 5.56 Å². The summed E-state index contributed by atoms with van der Waals surface area (Å²) < 4.78 is 6.09. The Hall–Kier alpha value is -3.15. The van der Waals surface area contributed by atoms with Crippen LogP contribution in [0.25, 0.3) is 11.4 Å². The summed E-state index contributed by atoms with van der Waals surface area (Å²) in [4.78, 5) is 23.8. The van der Waals surface area contributed by atoms with Crippen LogP contribution in [-0.4, -0.2) is 20.6 Å². The van der Waals surface area contributed by atoms with Gasteiger partial charge in [-0.3, -0.25) is 4.79 Å². The average molecular weight is 376 g/mol. The Balaban J connectivity index is 1.60. The molecule has 0 saturated heterocycles. The number of rotatable bonds is 3. The number of nitrogens with one attached hydrogen (secondary N) is 2. The van der Waals surface area contributed by atoms with E-state index in [2.05, 4.69) is 40.2 Å². The van der Waals surface area contributed by atoms with Crippen molar-refractivity contribution in [2.75, 3.05) is 5.32 Å². The number of aromatic nitrogens is 3. The van der Waals surface area contributed by atoms with Crippen molar-refractivity contribution >= 4 is 5.82 Å². The van der Waals surface area contributed by atoms with Crippen molar-refractivity contribution in [1.82, 2.24) is 15.0 Å². The number of aryl methyl sites for hydroxylation is 1. The lowest BCUT2D eigenvalue weighted by Crippen LogP contribution is -2.37. The molecule has 0 saturated carbocycles. The smallest absolute Gasteiger partial charge is 0.254 e. The van der Waals surface area contributed by atoms with E-state index in [9.17, 15) is 4.79 Å². The lowest BCUT2D eigenvalue weighted by atomic mass is 9.90. The number of ether oxygens (including phenoxy) is 1. The summed E-state index contributed by atoms with van der Waals surface area (Å²) >= 11 is 0. The second-order valence-electron chi connectivity index (χ2n) is 7.86. The van der Waals surface area contributed by atoms with Gasteiger partial charge in [0, 0.05) is 35.0 Å². The summed E-state index contributed by atoms with van der Waals surface area (Å²) in [5.74, 6) is 2.21. The monoisotopic (exact) mass is 376 g/mol. The molecule has 6 heteroatoms. The maximum Gasteiger partial charge on any atom is 0.254 e. The van der Waals surface area contributed by atoms with E-state index in [1.54, 1.807) is 13.1 Å². The van der Waals surface area contributed by atoms with Crippen molar-refractivity contribution in [3.05, 3.63) is 69.8 Å². The molecule has 6 nitrogen and oxygen atoms in total. The number of hydrogen-bond acceptors (Lipinski definition) is 5. The van der Waals surface area contributed by atoms with Gasteiger partial charge in [-0.05, 0) is 45.9 Å². The molecule has 2 aromatic heterocycles. The van der Waals surface area contributed by atoms with Gasteiger partial charge in [0.2, 0.25) is 0 Å². The van der Waals surface area contributed by atoms with Crippen LogP contribution in [0.5, 0.6) is 5.75 Å². The van der Waals surface area contributed by atoms with Crippen molar-refractivity contribution < 1.29 is 4.74 Å². The highest BCUT2D eigenvalue weighted by Crippen LogP contribution is 2.40. The first kappa shape index (κ1) is 18.2. The summed E-state index contributed by atoms with van der Waals surface area (Å²) in [6.07, 6.45) is 2.56. The van der Waals surface area contributed by atoms with Crippen molar-refractivity contribution in [3.8, 4) is 17.1 Å². The normalized spacial score (nSPS) is 17.5. The number of nitrogens with zero attached hydrogens (tertiary/aromatic N) is 2. The van der Waals surface area contributed by atoms with Crippen LogP contribution in [0.4, 0.5) is 5.82 Å². The Morgan fingerprint density at radius 3 is 2.68 bits per heavy atom. The van der Waals surface area contributed by atoms with Gasteiger partial charge in [-0.15, -0.1) is 0 Å². The van der Waals surface area contributed by atoms with E-state index >= 15 is 0 Å². The lowest BCUT2D eigenvalue weighted by Gasteiger charge is -2.38. The van der Waals surface area contributed by atoms with Crippen LogP contribution in [0, 0.1) is 13.8 Å². The molecule has 1 aliphatic heterocycles. The maximum absolute atomic E-state index is 12.0. The predicted octanol–water partition coefficient (Wildman–Crippen LogP) is 4.16. The zero-order valence-electron chi connectivity index (χ0n) is 16.5. The van der Waals surface area contributed by atoms with Crippen LogP contribution >= 0.6 is 0 Å². The van der Waals surface area contributed by atoms with Gasteiger partial charge in [-0.1, -0.05) is 18.2 Å². The molecule has 0 amide bonds. The number of pyridine rings is 1. The molecule has 0 aliphatic carbocycles. The molecule has 0 spiro atoms. The SMILES string of the molecule is Cc1nc(-c2ccc(NC3CC(C)(C)Oc4ccccc43)nc2)[nH]c(=O)c1C. The zero-order chi connectivity index (χ0) is 19.9. The predicted molar refractivity (Wildman–Crippen MR) is 110 cm³/mol. The molecule has 4 rings (SSSR count). The van der Waals surface area contributed by atoms with Crippen LogP contribution in [-0.2, 0) is 0 Å². The Morgan fingerprint density at radius 1 is 1.18 bits per heavy atom. The van der Waals surface area contributed by atoms with E-state index in [1.165, 1.54) is 0 Å². The topological polar surface area (TPSA) is 79.9 Å². The zero-order valence-corrected chi connectivity index (χ0v) is 16.5. The van der Waals surface area contributed by atoms with Crippen molar-refractivity contribution in [2.45, 2.75) is 45.8 Å². The third-order valence-electron chi connectivity index (χ3n) is 5.13. The molecule has 28 heavy (non-hydrogen) atoms. The number of H-pyrrole nitrogens is 1. The van der Waals surface area contributed by atoms with Gasteiger partial charge in [0.1, 0.15) is 23.0 Å². The molecule has 3 aromatic rings. The molecule has 1 aliphatic rings. The summed E-state index contributed by atoms with van der Waals surface area (Å²) in [5, 5.41) is 3.52. The minimum Gasteiger partial charge on any atom is -0.487 e. The second kappa shape index (κ2) is 6.78.